The van der Waals surface area contributed by atoms with Gasteiger partial charge in [0.05, 0.1) is 17.1 Å². The van der Waals surface area contributed by atoms with E-state index in [1.165, 1.54) is 28.6 Å². The van der Waals surface area contributed by atoms with Crippen LogP contribution >= 0.6 is 0 Å². The molecule has 0 amide bonds. The molecular formula is C22H22FNO2S. The molecule has 0 aliphatic rings. The maximum atomic E-state index is 13.4. The van der Waals surface area contributed by atoms with E-state index in [-0.39, 0.29) is 11.4 Å². The molecule has 0 N–H and O–H groups in total. The van der Waals surface area contributed by atoms with Gasteiger partial charge in [-0.15, -0.1) is 0 Å². The van der Waals surface area contributed by atoms with Crippen molar-refractivity contribution in [3.63, 3.8) is 0 Å². The first-order valence-corrected chi connectivity index (χ1v) is 10.3. The van der Waals surface area contributed by atoms with Gasteiger partial charge in [0, 0.05) is 0 Å². The Morgan fingerprint density at radius 2 is 1.56 bits per heavy atom. The Labute approximate surface area is 160 Å². The zero-order valence-corrected chi connectivity index (χ0v) is 16.2. The lowest BCUT2D eigenvalue weighted by Gasteiger charge is -2.26. The molecule has 3 rings (SSSR count). The standard InChI is InChI=1S/C22H22FNO2S/c1-3-18-9-14-22(17(2)15-18)24(16-19-7-5-4-6-8-19)27(25,26)21-12-10-20(23)11-13-21/h4-15H,3,16H2,1-2H3. The zero-order chi connectivity index (χ0) is 19.4. The van der Waals surface area contributed by atoms with Crippen molar-refractivity contribution in [3.05, 3.63) is 95.3 Å². The molecular weight excluding hydrogens is 361 g/mol. The molecule has 5 heteroatoms. The third-order valence-corrected chi connectivity index (χ3v) is 6.28. The molecule has 0 aliphatic heterocycles. The summed E-state index contributed by atoms with van der Waals surface area (Å²) in [6.45, 7) is 4.17. The van der Waals surface area contributed by atoms with Crippen LogP contribution in [0.2, 0.25) is 0 Å². The topological polar surface area (TPSA) is 37.4 Å². The van der Waals surface area contributed by atoms with Crippen LogP contribution in [-0.2, 0) is 23.0 Å². The average Bonchev–Trinajstić information content (AvgIpc) is 2.67. The second kappa shape index (κ2) is 7.92. The highest BCUT2D eigenvalue weighted by Crippen LogP contribution is 2.29. The zero-order valence-electron chi connectivity index (χ0n) is 15.4. The van der Waals surface area contributed by atoms with Gasteiger partial charge in [-0.2, -0.15) is 0 Å². The predicted molar refractivity (Wildman–Crippen MR) is 107 cm³/mol. The second-order valence-corrected chi connectivity index (χ2v) is 8.29. The van der Waals surface area contributed by atoms with Crippen molar-refractivity contribution < 1.29 is 12.8 Å². The molecule has 0 saturated carbocycles. The molecule has 27 heavy (non-hydrogen) atoms. The van der Waals surface area contributed by atoms with Crippen LogP contribution in [0.15, 0.2) is 77.7 Å². The summed E-state index contributed by atoms with van der Waals surface area (Å²) >= 11 is 0. The number of hydrogen-bond acceptors (Lipinski definition) is 2. The summed E-state index contributed by atoms with van der Waals surface area (Å²) in [6.07, 6.45) is 0.879. The van der Waals surface area contributed by atoms with E-state index in [4.69, 9.17) is 0 Å². The maximum absolute atomic E-state index is 13.4. The summed E-state index contributed by atoms with van der Waals surface area (Å²) in [5, 5.41) is 0. The van der Waals surface area contributed by atoms with Crippen molar-refractivity contribution in [1.29, 1.82) is 0 Å². The van der Waals surface area contributed by atoms with Gasteiger partial charge in [0.1, 0.15) is 5.82 Å². The molecule has 0 atom stereocenters. The Morgan fingerprint density at radius 1 is 0.889 bits per heavy atom. The maximum Gasteiger partial charge on any atom is 0.264 e. The quantitative estimate of drug-likeness (QED) is 0.594. The van der Waals surface area contributed by atoms with Gasteiger partial charge in [-0.3, -0.25) is 4.31 Å². The monoisotopic (exact) mass is 383 g/mol. The Morgan fingerprint density at radius 3 is 2.15 bits per heavy atom. The molecule has 0 unspecified atom stereocenters. The van der Waals surface area contributed by atoms with Crippen molar-refractivity contribution in [2.45, 2.75) is 31.7 Å². The van der Waals surface area contributed by atoms with Crippen LogP contribution in [0.25, 0.3) is 0 Å². The molecule has 3 aromatic rings. The van der Waals surface area contributed by atoms with E-state index >= 15 is 0 Å². The number of anilines is 1. The molecule has 0 fully saturated rings. The minimum Gasteiger partial charge on any atom is -0.262 e. The summed E-state index contributed by atoms with van der Waals surface area (Å²) in [4.78, 5) is 0.0683. The fourth-order valence-corrected chi connectivity index (χ4v) is 4.52. The number of sulfonamides is 1. The molecule has 3 aromatic carbocycles. The van der Waals surface area contributed by atoms with Crippen molar-refractivity contribution in [2.75, 3.05) is 4.31 Å². The van der Waals surface area contributed by atoms with Gasteiger partial charge in [0.2, 0.25) is 0 Å². The van der Waals surface area contributed by atoms with Crippen molar-refractivity contribution in [3.8, 4) is 0 Å². The van der Waals surface area contributed by atoms with E-state index in [1.807, 2.05) is 55.5 Å². The molecule has 0 heterocycles. The Bertz CT molecular complexity index is 1020. The molecule has 0 aliphatic carbocycles. The van der Waals surface area contributed by atoms with Crippen LogP contribution in [0.1, 0.15) is 23.6 Å². The van der Waals surface area contributed by atoms with Gasteiger partial charge in [-0.25, -0.2) is 12.8 Å². The first kappa shape index (κ1) is 19.1. The largest absolute Gasteiger partial charge is 0.264 e. The van der Waals surface area contributed by atoms with Gasteiger partial charge < -0.3 is 0 Å². The third kappa shape index (κ3) is 4.19. The SMILES string of the molecule is CCc1ccc(N(Cc2ccccc2)S(=O)(=O)c2ccc(F)cc2)c(C)c1. The minimum atomic E-state index is -3.84. The Kier molecular flexibility index (Phi) is 5.61. The summed E-state index contributed by atoms with van der Waals surface area (Å²) in [6, 6.07) is 20.2. The molecule has 0 radical (unpaired) electrons. The highest BCUT2D eigenvalue weighted by atomic mass is 32.2. The molecule has 0 bridgehead atoms. The van der Waals surface area contributed by atoms with Crippen LogP contribution in [0.5, 0.6) is 0 Å². The van der Waals surface area contributed by atoms with E-state index in [0.29, 0.717) is 5.69 Å². The van der Waals surface area contributed by atoms with E-state index in [2.05, 4.69) is 6.92 Å². The molecule has 140 valence electrons. The van der Waals surface area contributed by atoms with Crippen LogP contribution in [0.4, 0.5) is 10.1 Å². The van der Waals surface area contributed by atoms with Gasteiger partial charge in [-0.1, -0.05) is 49.4 Å². The highest BCUT2D eigenvalue weighted by Gasteiger charge is 2.26. The van der Waals surface area contributed by atoms with Gasteiger partial charge >= 0.3 is 0 Å². The van der Waals surface area contributed by atoms with Crippen molar-refractivity contribution >= 4 is 15.7 Å². The van der Waals surface area contributed by atoms with E-state index in [1.54, 1.807) is 0 Å². The van der Waals surface area contributed by atoms with E-state index in [9.17, 15) is 12.8 Å². The fourth-order valence-electron chi connectivity index (χ4n) is 3.00. The molecule has 0 spiro atoms. The van der Waals surface area contributed by atoms with Crippen LogP contribution in [-0.4, -0.2) is 8.42 Å². The van der Waals surface area contributed by atoms with Gasteiger partial charge in [0.25, 0.3) is 10.0 Å². The summed E-state index contributed by atoms with van der Waals surface area (Å²) in [5.41, 5.74) is 3.54. The number of halogens is 1. The first-order valence-electron chi connectivity index (χ1n) is 8.83. The normalized spacial score (nSPS) is 11.4. The average molecular weight is 383 g/mol. The van der Waals surface area contributed by atoms with Gasteiger partial charge in [-0.05, 0) is 60.4 Å². The number of aryl methyl sites for hydroxylation is 2. The lowest BCUT2D eigenvalue weighted by Crippen LogP contribution is -2.31. The summed E-state index contributed by atoms with van der Waals surface area (Å²) in [7, 11) is -3.84. The number of hydrogen-bond donors (Lipinski definition) is 0. The van der Waals surface area contributed by atoms with Crippen LogP contribution in [0.3, 0.4) is 0 Å². The molecule has 3 nitrogen and oxygen atoms in total. The van der Waals surface area contributed by atoms with Gasteiger partial charge in [0.15, 0.2) is 0 Å². The molecule has 0 aromatic heterocycles. The number of nitrogens with zero attached hydrogens (tertiary/aromatic N) is 1. The van der Waals surface area contributed by atoms with Crippen LogP contribution in [0, 0.1) is 12.7 Å². The number of benzene rings is 3. The predicted octanol–water partition coefficient (Wildman–Crippen LogP) is 5.09. The second-order valence-electron chi connectivity index (χ2n) is 6.43. The lowest BCUT2D eigenvalue weighted by molar-refractivity contribution is 0.589. The van der Waals surface area contributed by atoms with E-state index in [0.717, 1.165) is 23.1 Å². The Balaban J connectivity index is 2.11. The van der Waals surface area contributed by atoms with Crippen LogP contribution < -0.4 is 4.31 Å². The highest BCUT2D eigenvalue weighted by molar-refractivity contribution is 7.92. The minimum absolute atomic E-state index is 0.0683. The van der Waals surface area contributed by atoms with E-state index < -0.39 is 15.8 Å². The number of rotatable bonds is 6. The molecule has 0 saturated heterocycles. The van der Waals surface area contributed by atoms with Crippen molar-refractivity contribution in [1.82, 2.24) is 0 Å². The summed E-state index contributed by atoms with van der Waals surface area (Å²) in [5.74, 6) is -0.466. The van der Waals surface area contributed by atoms with Crippen molar-refractivity contribution in [2.24, 2.45) is 0 Å². The Hall–Kier alpha value is -2.66. The third-order valence-electron chi connectivity index (χ3n) is 4.51. The smallest absolute Gasteiger partial charge is 0.262 e. The first-order chi connectivity index (χ1) is 12.9. The lowest BCUT2D eigenvalue weighted by atomic mass is 10.1. The fraction of sp³-hybridized carbons (Fsp3) is 0.182. The summed E-state index contributed by atoms with van der Waals surface area (Å²) < 4.78 is 41.4.